The summed E-state index contributed by atoms with van der Waals surface area (Å²) in [7, 11) is -4.07. The van der Waals surface area contributed by atoms with Crippen molar-refractivity contribution in [3.05, 3.63) is 155 Å². The Hall–Kier alpha value is -5.67. The molecule has 5 aromatic rings. The van der Waals surface area contributed by atoms with E-state index in [1.807, 2.05) is 30.3 Å². The first-order chi connectivity index (χ1) is 27.1. The first-order valence-electron chi connectivity index (χ1n) is 17.7. The second-order valence-corrected chi connectivity index (χ2v) is 15.4. The van der Waals surface area contributed by atoms with Gasteiger partial charge in [0.15, 0.2) is 21.5 Å². The van der Waals surface area contributed by atoms with E-state index < -0.39 is 75.1 Å². The molecule has 2 atom stereocenters. The van der Waals surface area contributed by atoms with Crippen LogP contribution in [0.4, 0.5) is 26.3 Å². The molecule has 57 heavy (non-hydrogen) atoms. The molecule has 1 aliphatic rings. The van der Waals surface area contributed by atoms with Crippen LogP contribution < -0.4 is 10.1 Å². The number of carbonyl (C=O) groups excluding carboxylic acids is 1. The standard InChI is InChI=1S/C42H36F6N2O6S/c43-41(44,45)33-24-28(25-34(26-33)42(46,47)48)27-49-39(52)40(20-23-57(53,54)36-10-5-2-6-11-36)37(31-14-12-30(13-15-31)29-8-3-1-4-9-29)56-38(50-40)32-16-18-35(19-17-32)55-22-7-21-51/h1-6,8-19,24-26,37,51H,7,20-23,27H2,(H,49,52)/t37-,40-/m1/s1. The number of rotatable bonds is 14. The number of alkyl halides is 6. The molecular formula is C42H36F6N2O6S. The first kappa shape index (κ1) is 41.0. The Morgan fingerprint density at radius 3 is 1.91 bits per heavy atom. The number of benzene rings is 5. The van der Waals surface area contributed by atoms with E-state index in [0.29, 0.717) is 35.4 Å². The molecule has 1 aliphatic heterocycles. The molecule has 0 aromatic heterocycles. The van der Waals surface area contributed by atoms with E-state index in [1.165, 1.54) is 24.3 Å². The second-order valence-electron chi connectivity index (χ2n) is 13.3. The van der Waals surface area contributed by atoms with Gasteiger partial charge in [-0.15, -0.1) is 0 Å². The number of hydrogen-bond donors (Lipinski definition) is 2. The van der Waals surface area contributed by atoms with Crippen LogP contribution in [0, 0.1) is 0 Å². The Kier molecular flexibility index (Phi) is 12.1. The molecule has 298 valence electrons. The number of aliphatic imine (C=N–C) groups is 1. The van der Waals surface area contributed by atoms with Crippen LogP contribution >= 0.6 is 0 Å². The Morgan fingerprint density at radius 2 is 1.33 bits per heavy atom. The van der Waals surface area contributed by atoms with Crippen molar-refractivity contribution in [3.63, 3.8) is 0 Å². The summed E-state index contributed by atoms with van der Waals surface area (Å²) in [5.74, 6) is -1.24. The summed E-state index contributed by atoms with van der Waals surface area (Å²) in [6, 6.07) is 31.1. The third-order valence-corrected chi connectivity index (χ3v) is 11.0. The molecule has 0 bridgehead atoms. The molecular weight excluding hydrogens is 775 g/mol. The molecule has 0 unspecified atom stereocenters. The largest absolute Gasteiger partial charge is 0.494 e. The van der Waals surface area contributed by atoms with Crippen LogP contribution in [0.5, 0.6) is 5.75 Å². The van der Waals surface area contributed by atoms with Gasteiger partial charge < -0.3 is 19.9 Å². The Morgan fingerprint density at radius 1 is 0.772 bits per heavy atom. The molecule has 0 fully saturated rings. The van der Waals surface area contributed by atoms with Gasteiger partial charge in [-0.25, -0.2) is 13.4 Å². The van der Waals surface area contributed by atoms with Crippen molar-refractivity contribution in [2.75, 3.05) is 19.0 Å². The van der Waals surface area contributed by atoms with Gasteiger partial charge in [-0.05, 0) is 76.9 Å². The van der Waals surface area contributed by atoms with Crippen molar-refractivity contribution < 1.29 is 54.1 Å². The van der Waals surface area contributed by atoms with Crippen molar-refractivity contribution in [2.45, 2.75) is 48.3 Å². The van der Waals surface area contributed by atoms with Crippen LogP contribution in [0.2, 0.25) is 0 Å². The van der Waals surface area contributed by atoms with Gasteiger partial charge in [0.25, 0.3) is 5.91 Å². The van der Waals surface area contributed by atoms with E-state index in [1.54, 1.807) is 54.6 Å². The van der Waals surface area contributed by atoms with Crippen LogP contribution in [0.15, 0.2) is 137 Å². The zero-order chi connectivity index (χ0) is 40.8. The molecule has 5 aromatic carbocycles. The lowest BCUT2D eigenvalue weighted by molar-refractivity contribution is -0.143. The van der Waals surface area contributed by atoms with Crippen molar-refractivity contribution in [2.24, 2.45) is 4.99 Å². The SMILES string of the molecule is O=C(NCc1cc(C(F)(F)F)cc(C(F)(F)F)c1)[C@]1(CCS(=O)(=O)c2ccccc2)N=C(c2ccc(OCCCO)cc2)O[C@@H]1c1ccc(-c2ccccc2)cc1. The molecule has 8 nitrogen and oxygen atoms in total. The highest BCUT2D eigenvalue weighted by Gasteiger charge is 2.53. The highest BCUT2D eigenvalue weighted by atomic mass is 32.2. The molecule has 0 aliphatic carbocycles. The Bertz CT molecular complexity index is 2270. The maximum atomic E-state index is 14.6. The predicted molar refractivity (Wildman–Crippen MR) is 200 cm³/mol. The van der Waals surface area contributed by atoms with E-state index in [9.17, 15) is 39.6 Å². The summed E-state index contributed by atoms with van der Waals surface area (Å²) in [6.45, 7) is -0.620. The number of hydrogen-bond acceptors (Lipinski definition) is 7. The molecule has 0 spiro atoms. The number of aliphatic hydroxyl groups is 1. The number of ether oxygens (including phenoxy) is 2. The van der Waals surface area contributed by atoms with Gasteiger partial charge in [0, 0.05) is 31.6 Å². The average molecular weight is 811 g/mol. The molecule has 1 amide bonds. The lowest BCUT2D eigenvalue weighted by Crippen LogP contribution is -2.49. The number of aliphatic hydroxyl groups excluding tert-OH is 1. The van der Waals surface area contributed by atoms with Gasteiger partial charge in [-0.3, -0.25) is 4.79 Å². The first-order valence-corrected chi connectivity index (χ1v) is 19.3. The second kappa shape index (κ2) is 16.8. The van der Waals surface area contributed by atoms with Gasteiger partial charge in [-0.2, -0.15) is 26.3 Å². The number of carbonyl (C=O) groups is 1. The Balaban J connectivity index is 1.43. The number of nitrogens with one attached hydrogen (secondary N) is 1. The van der Waals surface area contributed by atoms with Gasteiger partial charge in [0.1, 0.15) is 5.75 Å². The molecule has 0 saturated carbocycles. The van der Waals surface area contributed by atoms with Gasteiger partial charge in [-0.1, -0.05) is 72.8 Å². The van der Waals surface area contributed by atoms with E-state index >= 15 is 0 Å². The summed E-state index contributed by atoms with van der Waals surface area (Å²) >= 11 is 0. The minimum Gasteiger partial charge on any atom is -0.494 e. The number of halogens is 6. The summed E-state index contributed by atoms with van der Waals surface area (Å²) in [5, 5.41) is 11.6. The number of amides is 1. The smallest absolute Gasteiger partial charge is 0.416 e. The minimum atomic E-state index is -5.12. The average Bonchev–Trinajstić information content (AvgIpc) is 3.60. The third-order valence-electron chi connectivity index (χ3n) is 9.31. The fraction of sp³-hybridized carbons (Fsp3) is 0.238. The predicted octanol–water partition coefficient (Wildman–Crippen LogP) is 8.59. The fourth-order valence-electron chi connectivity index (χ4n) is 6.34. The maximum absolute atomic E-state index is 14.6. The summed E-state index contributed by atoms with van der Waals surface area (Å²) < 4.78 is 122. The zero-order valence-corrected chi connectivity index (χ0v) is 30.9. The lowest BCUT2D eigenvalue weighted by Gasteiger charge is -2.31. The van der Waals surface area contributed by atoms with Gasteiger partial charge in [0.2, 0.25) is 5.90 Å². The van der Waals surface area contributed by atoms with Crippen molar-refractivity contribution in [1.82, 2.24) is 5.32 Å². The third kappa shape index (κ3) is 9.66. The molecule has 0 saturated heterocycles. The zero-order valence-electron chi connectivity index (χ0n) is 30.1. The topological polar surface area (TPSA) is 114 Å². The molecule has 0 radical (unpaired) electrons. The van der Waals surface area contributed by atoms with E-state index in [2.05, 4.69) is 5.32 Å². The molecule has 6 rings (SSSR count). The molecule has 15 heteroatoms. The highest BCUT2D eigenvalue weighted by Crippen LogP contribution is 2.44. The van der Waals surface area contributed by atoms with Crippen molar-refractivity contribution in [1.29, 1.82) is 0 Å². The molecule has 1 heterocycles. The number of nitrogens with zero attached hydrogens (tertiary/aromatic N) is 1. The van der Waals surface area contributed by atoms with E-state index in [-0.39, 0.29) is 30.1 Å². The van der Waals surface area contributed by atoms with Crippen molar-refractivity contribution >= 4 is 21.6 Å². The Labute approximate surface area is 324 Å². The quantitative estimate of drug-likeness (QED) is 0.0859. The normalized spacial score (nSPS) is 17.1. The van der Waals surface area contributed by atoms with Crippen LogP contribution in [0.3, 0.4) is 0 Å². The van der Waals surface area contributed by atoms with Crippen LogP contribution in [-0.4, -0.2) is 49.8 Å². The van der Waals surface area contributed by atoms with Gasteiger partial charge >= 0.3 is 12.4 Å². The maximum Gasteiger partial charge on any atom is 0.416 e. The van der Waals surface area contributed by atoms with Crippen LogP contribution in [0.1, 0.15) is 46.8 Å². The summed E-state index contributed by atoms with van der Waals surface area (Å²) in [6.07, 6.45) is -11.7. The highest BCUT2D eigenvalue weighted by molar-refractivity contribution is 7.91. The fourth-order valence-corrected chi connectivity index (χ4v) is 7.73. The minimum absolute atomic E-state index is 0.0132. The monoisotopic (exact) mass is 810 g/mol. The van der Waals surface area contributed by atoms with Crippen LogP contribution in [0.25, 0.3) is 11.1 Å². The number of sulfone groups is 1. The van der Waals surface area contributed by atoms with E-state index in [4.69, 9.17) is 19.6 Å². The van der Waals surface area contributed by atoms with Crippen molar-refractivity contribution in [3.8, 4) is 16.9 Å². The summed E-state index contributed by atoms with van der Waals surface area (Å²) in [4.78, 5) is 19.3. The van der Waals surface area contributed by atoms with Gasteiger partial charge in [0.05, 0.1) is 28.4 Å². The summed E-state index contributed by atoms with van der Waals surface area (Å²) in [5.41, 5.74) is -3.28. The van der Waals surface area contributed by atoms with E-state index in [0.717, 1.165) is 11.1 Å². The molecule has 2 N–H and O–H groups in total. The van der Waals surface area contributed by atoms with Crippen LogP contribution in [-0.2, 0) is 38.3 Å². The lowest BCUT2D eigenvalue weighted by atomic mass is 9.84.